The first-order chi connectivity index (χ1) is 16.2. The van der Waals surface area contributed by atoms with Crippen LogP contribution in [0.5, 0.6) is 0 Å². The van der Waals surface area contributed by atoms with Gasteiger partial charge in [-0.3, -0.25) is 9.59 Å². The van der Waals surface area contributed by atoms with E-state index in [1.807, 2.05) is 26.0 Å². The molecule has 1 aliphatic carbocycles. The highest BCUT2D eigenvalue weighted by Crippen LogP contribution is 2.29. The average Bonchev–Trinajstić information content (AvgIpc) is 3.42. The number of aryl methyl sites for hydroxylation is 3. The van der Waals surface area contributed by atoms with E-state index in [-0.39, 0.29) is 25.5 Å². The number of Topliss-reactive ketones (excluding diaryl/α,β-unsaturated/α-hetero) is 1. The number of piperidine rings is 1. The molecule has 0 radical (unpaired) electrons. The molecular formula is C26H34N2O5S. The fourth-order valence-electron chi connectivity index (χ4n) is 5.17. The fourth-order valence-corrected chi connectivity index (χ4v) is 6.69. The van der Waals surface area contributed by atoms with Crippen molar-refractivity contribution in [1.29, 1.82) is 0 Å². The number of esters is 1. The summed E-state index contributed by atoms with van der Waals surface area (Å²) in [5.74, 6) is -1.03. The molecule has 0 bridgehead atoms. The van der Waals surface area contributed by atoms with Gasteiger partial charge in [-0.05, 0) is 81.7 Å². The lowest BCUT2D eigenvalue weighted by atomic mass is 9.98. The summed E-state index contributed by atoms with van der Waals surface area (Å²) in [6.45, 7) is 7.06. The number of sulfonamides is 1. The predicted molar refractivity (Wildman–Crippen MR) is 129 cm³/mol. The van der Waals surface area contributed by atoms with Gasteiger partial charge in [0.1, 0.15) is 0 Å². The number of rotatable bonds is 8. The lowest BCUT2D eigenvalue weighted by Gasteiger charge is -2.30. The number of nitrogens with zero attached hydrogens (tertiary/aromatic N) is 2. The molecule has 0 spiro atoms. The highest BCUT2D eigenvalue weighted by atomic mass is 32.2. The van der Waals surface area contributed by atoms with Crippen molar-refractivity contribution in [3.63, 3.8) is 0 Å². The molecule has 2 heterocycles. The van der Waals surface area contributed by atoms with Gasteiger partial charge in [0.25, 0.3) is 0 Å². The minimum Gasteiger partial charge on any atom is -0.457 e. The van der Waals surface area contributed by atoms with Crippen LogP contribution in [0.1, 0.15) is 65.5 Å². The van der Waals surface area contributed by atoms with E-state index < -0.39 is 21.9 Å². The molecule has 1 aliphatic heterocycles. The standard InChI is InChI=1S/C26H34N2O5S/c1-4-12-28-18(2)15-24(19(28)3)25(29)17-33-26(30)21-10-13-27(14-11-21)34(31,32)23-9-8-20-6-5-7-22(20)16-23/h8-9,15-16,21H,4-7,10-14,17H2,1-3H3. The maximum Gasteiger partial charge on any atom is 0.309 e. The Kier molecular flexibility index (Phi) is 7.28. The molecule has 8 heteroatoms. The van der Waals surface area contributed by atoms with E-state index in [0.29, 0.717) is 23.3 Å². The Labute approximate surface area is 202 Å². The van der Waals surface area contributed by atoms with Gasteiger partial charge in [0.15, 0.2) is 6.61 Å². The zero-order valence-corrected chi connectivity index (χ0v) is 21.1. The number of hydrogen-bond acceptors (Lipinski definition) is 5. The maximum absolute atomic E-state index is 13.1. The molecule has 7 nitrogen and oxygen atoms in total. The molecule has 34 heavy (non-hydrogen) atoms. The van der Waals surface area contributed by atoms with Gasteiger partial charge in [-0.15, -0.1) is 0 Å². The second-order valence-corrected chi connectivity index (χ2v) is 11.4. The molecule has 1 saturated heterocycles. The number of carbonyl (C=O) groups excluding carboxylic acids is 2. The third-order valence-corrected chi connectivity index (χ3v) is 9.06. The van der Waals surface area contributed by atoms with Crippen LogP contribution in [0.25, 0.3) is 0 Å². The second kappa shape index (κ2) is 10.0. The monoisotopic (exact) mass is 486 g/mol. The molecule has 2 aliphatic rings. The van der Waals surface area contributed by atoms with Gasteiger partial charge in [0.2, 0.25) is 15.8 Å². The summed E-state index contributed by atoms with van der Waals surface area (Å²) in [5.41, 5.74) is 4.87. The summed E-state index contributed by atoms with van der Waals surface area (Å²) in [5, 5.41) is 0. The van der Waals surface area contributed by atoms with Crippen molar-refractivity contribution in [2.45, 2.75) is 70.7 Å². The van der Waals surface area contributed by atoms with E-state index >= 15 is 0 Å². The zero-order valence-electron chi connectivity index (χ0n) is 20.3. The Balaban J connectivity index is 1.31. The summed E-state index contributed by atoms with van der Waals surface area (Å²) in [7, 11) is -3.58. The summed E-state index contributed by atoms with van der Waals surface area (Å²) < 4.78 is 35.1. The molecule has 0 unspecified atom stereocenters. The minimum atomic E-state index is -3.58. The summed E-state index contributed by atoms with van der Waals surface area (Å²) in [6.07, 6.45) is 4.76. The largest absolute Gasteiger partial charge is 0.457 e. The van der Waals surface area contributed by atoms with Crippen LogP contribution in [0.2, 0.25) is 0 Å². The number of ketones is 1. The van der Waals surface area contributed by atoms with Gasteiger partial charge < -0.3 is 9.30 Å². The number of ether oxygens (including phenoxy) is 1. The molecule has 184 valence electrons. The Hall–Kier alpha value is -2.45. The average molecular weight is 487 g/mol. The van der Waals surface area contributed by atoms with E-state index in [0.717, 1.165) is 49.2 Å². The van der Waals surface area contributed by atoms with Crippen molar-refractivity contribution in [2.75, 3.05) is 19.7 Å². The molecule has 0 saturated carbocycles. The normalized spacial score (nSPS) is 17.0. The van der Waals surface area contributed by atoms with Gasteiger partial charge >= 0.3 is 5.97 Å². The van der Waals surface area contributed by atoms with Crippen LogP contribution < -0.4 is 0 Å². The highest BCUT2D eigenvalue weighted by molar-refractivity contribution is 7.89. The van der Waals surface area contributed by atoms with Crippen LogP contribution in [-0.4, -0.2) is 48.7 Å². The summed E-state index contributed by atoms with van der Waals surface area (Å²) >= 11 is 0. The molecule has 1 aromatic carbocycles. The fraction of sp³-hybridized carbons (Fsp3) is 0.538. The van der Waals surface area contributed by atoms with Crippen molar-refractivity contribution in [3.8, 4) is 0 Å². The van der Waals surface area contributed by atoms with Gasteiger partial charge in [-0.1, -0.05) is 13.0 Å². The predicted octanol–water partition coefficient (Wildman–Crippen LogP) is 3.83. The van der Waals surface area contributed by atoms with Crippen LogP contribution in [0, 0.1) is 19.8 Å². The van der Waals surface area contributed by atoms with Crippen molar-refractivity contribution in [3.05, 3.63) is 52.3 Å². The molecular weight excluding hydrogens is 452 g/mol. The van der Waals surface area contributed by atoms with E-state index in [1.165, 1.54) is 9.87 Å². The first-order valence-corrected chi connectivity index (χ1v) is 13.6. The topological polar surface area (TPSA) is 85.7 Å². The first kappa shape index (κ1) is 24.7. The molecule has 1 aromatic heterocycles. The van der Waals surface area contributed by atoms with Crippen molar-refractivity contribution in [1.82, 2.24) is 8.87 Å². The van der Waals surface area contributed by atoms with Gasteiger partial charge in [0.05, 0.1) is 10.8 Å². The maximum atomic E-state index is 13.1. The minimum absolute atomic E-state index is 0.208. The van der Waals surface area contributed by atoms with Crippen molar-refractivity contribution in [2.24, 2.45) is 5.92 Å². The summed E-state index contributed by atoms with van der Waals surface area (Å²) in [4.78, 5) is 25.6. The van der Waals surface area contributed by atoms with Gasteiger partial charge in [0, 0.05) is 36.6 Å². The van der Waals surface area contributed by atoms with E-state index in [1.54, 1.807) is 12.1 Å². The van der Waals surface area contributed by atoms with E-state index in [2.05, 4.69) is 11.5 Å². The molecule has 0 atom stereocenters. The molecule has 0 N–H and O–H groups in total. The smallest absolute Gasteiger partial charge is 0.309 e. The number of fused-ring (bicyclic) bond motifs is 1. The van der Waals surface area contributed by atoms with Gasteiger partial charge in [-0.2, -0.15) is 4.31 Å². The Morgan fingerprint density at radius 2 is 1.76 bits per heavy atom. The third kappa shape index (κ3) is 4.84. The van der Waals surface area contributed by atoms with Crippen LogP contribution in [0.3, 0.4) is 0 Å². The Morgan fingerprint density at radius 1 is 1.06 bits per heavy atom. The molecule has 1 fully saturated rings. The van der Waals surface area contributed by atoms with Crippen LogP contribution in [0.15, 0.2) is 29.2 Å². The summed E-state index contributed by atoms with van der Waals surface area (Å²) in [6, 6.07) is 7.28. The van der Waals surface area contributed by atoms with Crippen LogP contribution in [-0.2, 0) is 38.9 Å². The zero-order chi connectivity index (χ0) is 24.5. The molecule has 4 rings (SSSR count). The molecule has 0 amide bonds. The highest BCUT2D eigenvalue weighted by Gasteiger charge is 2.33. The second-order valence-electron chi connectivity index (χ2n) is 9.43. The van der Waals surface area contributed by atoms with Crippen LogP contribution in [0.4, 0.5) is 0 Å². The van der Waals surface area contributed by atoms with E-state index in [9.17, 15) is 18.0 Å². The molecule has 2 aromatic rings. The van der Waals surface area contributed by atoms with Crippen molar-refractivity contribution >= 4 is 21.8 Å². The quantitative estimate of drug-likeness (QED) is 0.418. The lowest BCUT2D eigenvalue weighted by molar-refractivity contribution is -0.148. The Morgan fingerprint density at radius 3 is 2.47 bits per heavy atom. The SMILES string of the molecule is CCCn1c(C)cc(C(=O)COC(=O)C2CCN(S(=O)(=O)c3ccc4c(c3)CCC4)CC2)c1C. The number of hydrogen-bond donors (Lipinski definition) is 0. The number of benzene rings is 1. The first-order valence-electron chi connectivity index (χ1n) is 12.2. The van der Waals surface area contributed by atoms with Crippen molar-refractivity contribution < 1.29 is 22.7 Å². The van der Waals surface area contributed by atoms with Crippen LogP contribution >= 0.6 is 0 Å². The van der Waals surface area contributed by atoms with Gasteiger partial charge in [-0.25, -0.2) is 8.42 Å². The van der Waals surface area contributed by atoms with E-state index in [4.69, 9.17) is 4.74 Å². The number of aromatic nitrogens is 1. The third-order valence-electron chi connectivity index (χ3n) is 7.16. The Bertz CT molecular complexity index is 1190. The number of carbonyl (C=O) groups is 2. The lowest BCUT2D eigenvalue weighted by Crippen LogP contribution is -2.40.